The number of hydrogen-bond donors (Lipinski definition) is 1. The van der Waals surface area contributed by atoms with E-state index in [1.54, 1.807) is 7.11 Å². The predicted molar refractivity (Wildman–Crippen MR) is 180 cm³/mol. The fourth-order valence-corrected chi connectivity index (χ4v) is 6.21. The van der Waals surface area contributed by atoms with Gasteiger partial charge in [0.25, 0.3) is 0 Å². The van der Waals surface area contributed by atoms with Crippen molar-refractivity contribution in [3.63, 3.8) is 0 Å². The molecule has 1 atom stereocenters. The minimum absolute atomic E-state index is 0.260. The second-order valence-electron chi connectivity index (χ2n) is 10.8. The van der Waals surface area contributed by atoms with Gasteiger partial charge in [-0.15, -0.1) is 0 Å². The van der Waals surface area contributed by atoms with Gasteiger partial charge in [-0.05, 0) is 75.4 Å². The summed E-state index contributed by atoms with van der Waals surface area (Å²) in [6.07, 6.45) is 0. The van der Waals surface area contributed by atoms with Crippen molar-refractivity contribution in [2.24, 2.45) is 9.98 Å². The standard InChI is InChI=1S/C36H35N7O/c1-5-41(6-2)26-22-20-25(21-23-26)37-34-36-39-35-32(24(3)40-43(35)27-14-8-7-9-15-27)33(28-16-10-13-19-31(28)44-4)42(36)30-18-12-11-17-29(30)38-34/h7-23,33H,5-6H2,1-4H3,(H,37,38)/t33-/m1/s1. The molecule has 2 aliphatic heterocycles. The third-order valence-electron chi connectivity index (χ3n) is 8.33. The summed E-state index contributed by atoms with van der Waals surface area (Å²) < 4.78 is 7.88. The molecule has 1 aromatic heterocycles. The SMILES string of the molecule is CCN(CC)c1ccc(NC2=Nc3ccccc3N3C2=Nc2c(c(C)nn2-c2ccccc2)[C@H]3c2ccccc2OC)cc1. The Morgan fingerprint density at radius 1 is 0.818 bits per heavy atom. The quantitative estimate of drug-likeness (QED) is 0.212. The van der Waals surface area contributed by atoms with Crippen molar-refractivity contribution in [2.75, 3.05) is 35.3 Å². The number of hydrogen-bond acceptors (Lipinski definition) is 7. The number of ether oxygens (including phenoxy) is 1. The van der Waals surface area contributed by atoms with E-state index >= 15 is 0 Å². The Kier molecular flexibility index (Phi) is 7.10. The fourth-order valence-electron chi connectivity index (χ4n) is 6.21. The van der Waals surface area contributed by atoms with Crippen molar-refractivity contribution in [1.29, 1.82) is 0 Å². The van der Waals surface area contributed by atoms with Gasteiger partial charge in [0.1, 0.15) is 5.75 Å². The molecule has 44 heavy (non-hydrogen) atoms. The van der Waals surface area contributed by atoms with Crippen LogP contribution in [0.1, 0.15) is 36.7 Å². The average Bonchev–Trinajstić information content (AvgIpc) is 3.41. The lowest BCUT2D eigenvalue weighted by atomic mass is 9.92. The molecule has 0 saturated heterocycles. The van der Waals surface area contributed by atoms with Gasteiger partial charge in [0, 0.05) is 35.6 Å². The van der Waals surface area contributed by atoms with Crippen LogP contribution in [-0.2, 0) is 0 Å². The highest BCUT2D eigenvalue weighted by Gasteiger charge is 2.42. The number of nitrogens with zero attached hydrogens (tertiary/aromatic N) is 6. The third-order valence-corrected chi connectivity index (χ3v) is 8.33. The molecule has 3 heterocycles. The zero-order valence-electron chi connectivity index (χ0n) is 25.4. The van der Waals surface area contributed by atoms with Crippen molar-refractivity contribution < 1.29 is 4.74 Å². The van der Waals surface area contributed by atoms with Gasteiger partial charge in [-0.3, -0.25) is 0 Å². The van der Waals surface area contributed by atoms with E-state index in [0.717, 1.165) is 70.1 Å². The Morgan fingerprint density at radius 3 is 2.27 bits per heavy atom. The van der Waals surface area contributed by atoms with Gasteiger partial charge in [-0.2, -0.15) is 5.10 Å². The van der Waals surface area contributed by atoms with Crippen molar-refractivity contribution in [1.82, 2.24) is 9.78 Å². The molecular formula is C36H35N7O. The molecule has 0 bridgehead atoms. The van der Waals surface area contributed by atoms with E-state index in [-0.39, 0.29) is 6.04 Å². The zero-order valence-corrected chi connectivity index (χ0v) is 25.4. The molecule has 5 aromatic rings. The molecule has 7 rings (SSSR count). The number of aryl methyl sites for hydroxylation is 1. The lowest BCUT2D eigenvalue weighted by Crippen LogP contribution is -2.46. The normalized spacial score (nSPS) is 15.0. The van der Waals surface area contributed by atoms with Gasteiger partial charge in [0.2, 0.25) is 0 Å². The molecule has 0 radical (unpaired) electrons. The fraction of sp³-hybridized carbons (Fsp3) is 0.194. The van der Waals surface area contributed by atoms with Gasteiger partial charge >= 0.3 is 0 Å². The van der Waals surface area contributed by atoms with E-state index in [9.17, 15) is 0 Å². The first-order valence-corrected chi connectivity index (χ1v) is 15.1. The summed E-state index contributed by atoms with van der Waals surface area (Å²) in [6, 6.07) is 34.8. The molecule has 8 heteroatoms. The predicted octanol–water partition coefficient (Wildman–Crippen LogP) is 7.83. The molecule has 0 saturated carbocycles. The number of benzene rings is 4. The van der Waals surface area contributed by atoms with Crippen LogP contribution in [0.2, 0.25) is 0 Å². The molecular weight excluding hydrogens is 546 g/mol. The number of fused-ring (bicyclic) bond motifs is 4. The summed E-state index contributed by atoms with van der Waals surface area (Å²) in [5.74, 6) is 2.97. The van der Waals surface area contributed by atoms with Crippen LogP contribution in [-0.4, -0.2) is 41.7 Å². The van der Waals surface area contributed by atoms with Crippen molar-refractivity contribution in [3.05, 3.63) is 120 Å². The van der Waals surface area contributed by atoms with E-state index < -0.39 is 0 Å². The Morgan fingerprint density at radius 2 is 1.52 bits per heavy atom. The highest BCUT2D eigenvalue weighted by Crippen LogP contribution is 2.49. The summed E-state index contributed by atoms with van der Waals surface area (Å²) in [6.45, 7) is 8.32. The average molecular weight is 582 g/mol. The van der Waals surface area contributed by atoms with Crippen LogP contribution in [0.25, 0.3) is 5.69 Å². The highest BCUT2D eigenvalue weighted by atomic mass is 16.5. The topological polar surface area (TPSA) is 70.3 Å². The molecule has 2 aliphatic rings. The molecule has 0 spiro atoms. The molecule has 0 amide bonds. The second-order valence-corrected chi connectivity index (χ2v) is 10.8. The van der Waals surface area contributed by atoms with Crippen molar-refractivity contribution in [3.8, 4) is 11.4 Å². The maximum atomic E-state index is 5.94. The minimum Gasteiger partial charge on any atom is -0.496 e. The van der Waals surface area contributed by atoms with E-state index in [1.807, 2.05) is 53.2 Å². The van der Waals surface area contributed by atoms with Crippen LogP contribution in [0.4, 0.5) is 28.6 Å². The largest absolute Gasteiger partial charge is 0.496 e. The van der Waals surface area contributed by atoms with Gasteiger partial charge in [-0.25, -0.2) is 14.7 Å². The Labute approximate surface area is 258 Å². The van der Waals surface area contributed by atoms with Crippen LogP contribution in [0, 0.1) is 6.92 Å². The number of amidine groups is 2. The zero-order chi connectivity index (χ0) is 30.2. The first-order chi connectivity index (χ1) is 21.6. The van der Waals surface area contributed by atoms with Gasteiger partial charge in [0.15, 0.2) is 17.5 Å². The number of nitrogens with one attached hydrogen (secondary N) is 1. The number of para-hydroxylation sites is 4. The summed E-state index contributed by atoms with van der Waals surface area (Å²) in [7, 11) is 1.72. The smallest absolute Gasteiger partial charge is 0.179 e. The summed E-state index contributed by atoms with van der Waals surface area (Å²) in [4.78, 5) is 15.1. The number of rotatable bonds is 7. The van der Waals surface area contributed by atoms with E-state index in [1.165, 1.54) is 5.69 Å². The molecule has 8 nitrogen and oxygen atoms in total. The van der Waals surface area contributed by atoms with Crippen LogP contribution >= 0.6 is 0 Å². The third kappa shape index (κ3) is 4.59. The van der Waals surface area contributed by atoms with Crippen LogP contribution in [0.15, 0.2) is 113 Å². The summed E-state index contributed by atoms with van der Waals surface area (Å²) in [5.41, 5.74) is 7.88. The summed E-state index contributed by atoms with van der Waals surface area (Å²) >= 11 is 0. The monoisotopic (exact) mass is 581 g/mol. The molecule has 1 N–H and O–H groups in total. The Hall–Kier alpha value is -5.37. The number of aliphatic imine (C=N–C) groups is 2. The Bertz CT molecular complexity index is 1870. The maximum Gasteiger partial charge on any atom is 0.179 e. The molecule has 0 unspecified atom stereocenters. The van der Waals surface area contributed by atoms with Gasteiger partial charge in [0.05, 0.1) is 35.9 Å². The van der Waals surface area contributed by atoms with Crippen LogP contribution < -0.4 is 19.9 Å². The second kappa shape index (κ2) is 11.4. The van der Waals surface area contributed by atoms with E-state index in [4.69, 9.17) is 19.8 Å². The van der Waals surface area contributed by atoms with Crippen molar-refractivity contribution in [2.45, 2.75) is 26.8 Å². The minimum atomic E-state index is -0.260. The number of anilines is 3. The van der Waals surface area contributed by atoms with Crippen LogP contribution in [0.3, 0.4) is 0 Å². The molecule has 0 fully saturated rings. The highest BCUT2D eigenvalue weighted by molar-refractivity contribution is 6.51. The van der Waals surface area contributed by atoms with Gasteiger partial charge in [-0.1, -0.05) is 48.5 Å². The Balaban J connectivity index is 1.44. The molecule has 220 valence electrons. The van der Waals surface area contributed by atoms with E-state index in [0.29, 0.717) is 5.84 Å². The lowest BCUT2D eigenvalue weighted by molar-refractivity contribution is 0.407. The molecule has 0 aliphatic carbocycles. The summed E-state index contributed by atoms with van der Waals surface area (Å²) in [5, 5.41) is 8.65. The van der Waals surface area contributed by atoms with Crippen molar-refractivity contribution >= 4 is 40.2 Å². The first-order valence-electron chi connectivity index (χ1n) is 15.1. The molecule has 4 aromatic carbocycles. The lowest BCUT2D eigenvalue weighted by Gasteiger charge is -2.41. The maximum absolute atomic E-state index is 5.94. The van der Waals surface area contributed by atoms with Crippen LogP contribution in [0.5, 0.6) is 5.75 Å². The van der Waals surface area contributed by atoms with Gasteiger partial charge < -0.3 is 19.9 Å². The van der Waals surface area contributed by atoms with E-state index in [2.05, 4.69) is 90.5 Å². The number of methoxy groups -OCH3 is 1. The first kappa shape index (κ1) is 27.5. The number of aromatic nitrogens is 2.